The lowest BCUT2D eigenvalue weighted by Crippen LogP contribution is -2.53. The highest BCUT2D eigenvalue weighted by Gasteiger charge is 2.34. The lowest BCUT2D eigenvalue weighted by molar-refractivity contribution is -0.124. The van der Waals surface area contributed by atoms with E-state index in [2.05, 4.69) is 41.2 Å². The minimum Gasteiger partial charge on any atom is -0.381 e. The molecule has 3 heterocycles. The summed E-state index contributed by atoms with van der Waals surface area (Å²) in [7, 11) is 0. The van der Waals surface area contributed by atoms with E-state index in [9.17, 15) is 4.79 Å². The Morgan fingerprint density at radius 1 is 1.21 bits per heavy atom. The van der Waals surface area contributed by atoms with Gasteiger partial charge in [-0.15, -0.1) is 10.2 Å². The molecule has 0 aromatic carbocycles. The number of carbonyl (C=O) groups excluding carboxylic acids is 1. The summed E-state index contributed by atoms with van der Waals surface area (Å²) >= 11 is 1.48. The van der Waals surface area contributed by atoms with Gasteiger partial charge in [-0.1, -0.05) is 38.5 Å². The average Bonchev–Trinajstić information content (AvgIpc) is 3.04. The number of carbonyl (C=O) groups is 1. The van der Waals surface area contributed by atoms with Crippen LogP contribution in [0.4, 0.5) is 5.13 Å². The number of amides is 1. The van der Waals surface area contributed by atoms with Gasteiger partial charge in [0.25, 0.3) is 0 Å². The molecule has 0 radical (unpaired) electrons. The zero-order valence-electron chi connectivity index (χ0n) is 14.9. The maximum Gasteiger partial charge on any atom is 0.243 e. The van der Waals surface area contributed by atoms with Gasteiger partial charge < -0.3 is 4.74 Å². The van der Waals surface area contributed by atoms with E-state index < -0.39 is 0 Å². The highest BCUT2D eigenvalue weighted by atomic mass is 32.1. The van der Waals surface area contributed by atoms with E-state index >= 15 is 0 Å². The number of anilines is 1. The van der Waals surface area contributed by atoms with Crippen molar-refractivity contribution in [1.82, 2.24) is 15.1 Å². The SMILES string of the molecule is CC(C)(C)c1nnc(NC(=O)[C@@H]2CCCCN2C2CCOCC2)s1. The summed E-state index contributed by atoms with van der Waals surface area (Å²) < 4.78 is 5.47. The Morgan fingerprint density at radius 2 is 1.96 bits per heavy atom. The molecule has 0 bridgehead atoms. The van der Waals surface area contributed by atoms with Crippen LogP contribution in [0.5, 0.6) is 0 Å². The summed E-state index contributed by atoms with van der Waals surface area (Å²) in [5.74, 6) is 0.0674. The molecule has 0 aliphatic carbocycles. The van der Waals surface area contributed by atoms with Gasteiger partial charge in [0.05, 0.1) is 6.04 Å². The van der Waals surface area contributed by atoms with E-state index in [1.165, 1.54) is 17.8 Å². The van der Waals surface area contributed by atoms with Crippen LogP contribution in [0.2, 0.25) is 0 Å². The number of piperidine rings is 1. The molecule has 2 saturated heterocycles. The highest BCUT2D eigenvalue weighted by molar-refractivity contribution is 7.15. The zero-order chi connectivity index (χ0) is 17.2. The fourth-order valence-corrected chi connectivity index (χ4v) is 4.26. The third kappa shape index (κ3) is 4.13. The number of nitrogens with zero attached hydrogens (tertiary/aromatic N) is 3. The second kappa shape index (κ2) is 7.45. The molecule has 24 heavy (non-hydrogen) atoms. The van der Waals surface area contributed by atoms with E-state index in [0.717, 1.165) is 50.4 Å². The van der Waals surface area contributed by atoms with Gasteiger partial charge in [-0.2, -0.15) is 0 Å². The molecule has 6 nitrogen and oxygen atoms in total. The molecule has 3 rings (SSSR count). The summed E-state index contributed by atoms with van der Waals surface area (Å²) in [6, 6.07) is 0.415. The van der Waals surface area contributed by atoms with Gasteiger partial charge in [0, 0.05) is 24.7 Å². The summed E-state index contributed by atoms with van der Waals surface area (Å²) in [6.45, 7) is 8.93. The topological polar surface area (TPSA) is 67.4 Å². The molecule has 1 N–H and O–H groups in total. The third-order valence-electron chi connectivity index (χ3n) is 4.80. The molecule has 1 amide bonds. The van der Waals surface area contributed by atoms with Crippen molar-refractivity contribution >= 4 is 22.4 Å². The Kier molecular flexibility index (Phi) is 5.52. The number of hydrogen-bond donors (Lipinski definition) is 1. The minimum absolute atomic E-state index is 0.0420. The van der Waals surface area contributed by atoms with Gasteiger partial charge in [-0.05, 0) is 32.2 Å². The Morgan fingerprint density at radius 3 is 2.62 bits per heavy atom. The predicted molar refractivity (Wildman–Crippen MR) is 95.4 cm³/mol. The first-order valence-corrected chi connectivity index (χ1v) is 9.75. The smallest absolute Gasteiger partial charge is 0.243 e. The summed E-state index contributed by atoms with van der Waals surface area (Å²) in [5, 5.41) is 12.9. The Hall–Kier alpha value is -1.05. The molecule has 1 aromatic heterocycles. The minimum atomic E-state index is -0.0520. The Bertz CT molecular complexity index is 563. The van der Waals surface area contributed by atoms with Gasteiger partial charge in [0.1, 0.15) is 5.01 Å². The third-order valence-corrected chi connectivity index (χ3v) is 6.07. The molecule has 2 aliphatic rings. The molecule has 0 spiro atoms. The second-order valence-corrected chi connectivity index (χ2v) is 8.72. The average molecular weight is 353 g/mol. The van der Waals surface area contributed by atoms with Gasteiger partial charge in [0.2, 0.25) is 11.0 Å². The normalized spacial score (nSPS) is 24.0. The highest BCUT2D eigenvalue weighted by Crippen LogP contribution is 2.29. The van der Waals surface area contributed by atoms with E-state index in [1.807, 2.05) is 0 Å². The first kappa shape index (κ1) is 17.8. The van der Waals surface area contributed by atoms with E-state index in [0.29, 0.717) is 11.2 Å². The first-order valence-electron chi connectivity index (χ1n) is 8.93. The van der Waals surface area contributed by atoms with E-state index in [4.69, 9.17) is 4.74 Å². The molecule has 2 fully saturated rings. The Labute approximate surface area is 148 Å². The van der Waals surface area contributed by atoms with Crippen LogP contribution < -0.4 is 5.32 Å². The van der Waals surface area contributed by atoms with Crippen LogP contribution in [0.3, 0.4) is 0 Å². The molecular weight excluding hydrogens is 324 g/mol. The maximum atomic E-state index is 12.8. The molecule has 134 valence electrons. The van der Waals surface area contributed by atoms with Gasteiger partial charge in [-0.25, -0.2) is 0 Å². The molecule has 7 heteroatoms. The quantitative estimate of drug-likeness (QED) is 0.906. The zero-order valence-corrected chi connectivity index (χ0v) is 15.7. The van der Waals surface area contributed by atoms with Gasteiger partial charge in [0.15, 0.2) is 0 Å². The van der Waals surface area contributed by atoms with Crippen molar-refractivity contribution in [2.45, 2.75) is 70.4 Å². The fraction of sp³-hybridized carbons (Fsp3) is 0.824. The number of ether oxygens (including phenoxy) is 1. The van der Waals surface area contributed by atoms with Crippen LogP contribution in [0.15, 0.2) is 0 Å². The molecule has 1 aromatic rings. The number of nitrogens with one attached hydrogen (secondary N) is 1. The fourth-order valence-electron chi connectivity index (χ4n) is 3.45. The van der Waals surface area contributed by atoms with Crippen LogP contribution in [-0.4, -0.2) is 52.8 Å². The second-order valence-electron chi connectivity index (χ2n) is 7.74. The summed E-state index contributed by atoms with van der Waals surface area (Å²) in [4.78, 5) is 15.2. The lowest BCUT2D eigenvalue weighted by Gasteiger charge is -2.41. The summed E-state index contributed by atoms with van der Waals surface area (Å²) in [6.07, 6.45) is 5.26. The molecule has 0 saturated carbocycles. The molecule has 1 atom stereocenters. The van der Waals surface area contributed by atoms with Crippen molar-refractivity contribution in [3.05, 3.63) is 5.01 Å². The van der Waals surface area contributed by atoms with E-state index in [1.54, 1.807) is 0 Å². The van der Waals surface area contributed by atoms with Crippen molar-refractivity contribution in [2.75, 3.05) is 25.1 Å². The number of aromatic nitrogens is 2. The summed E-state index contributed by atoms with van der Waals surface area (Å²) in [5.41, 5.74) is -0.0420. The van der Waals surface area contributed by atoms with Gasteiger partial charge in [-0.3, -0.25) is 15.0 Å². The molecule has 2 aliphatic heterocycles. The van der Waals surface area contributed by atoms with Crippen molar-refractivity contribution in [3.63, 3.8) is 0 Å². The van der Waals surface area contributed by atoms with Crippen molar-refractivity contribution in [3.8, 4) is 0 Å². The Balaban J connectivity index is 1.66. The maximum absolute atomic E-state index is 12.8. The van der Waals surface area contributed by atoms with E-state index in [-0.39, 0.29) is 17.4 Å². The number of likely N-dealkylation sites (tertiary alicyclic amines) is 1. The van der Waals surface area contributed by atoms with Crippen molar-refractivity contribution < 1.29 is 9.53 Å². The standard InChI is InChI=1S/C17H28N4O2S/c1-17(2,3)15-19-20-16(24-15)18-14(22)13-6-4-5-9-21(13)12-7-10-23-11-8-12/h12-13H,4-11H2,1-3H3,(H,18,20,22)/t13-/m0/s1. The molecular formula is C17H28N4O2S. The van der Waals surface area contributed by atoms with Crippen molar-refractivity contribution in [2.24, 2.45) is 0 Å². The van der Waals surface area contributed by atoms with Crippen LogP contribution in [0.25, 0.3) is 0 Å². The van der Waals surface area contributed by atoms with Crippen LogP contribution in [0.1, 0.15) is 57.9 Å². The van der Waals surface area contributed by atoms with Crippen molar-refractivity contribution in [1.29, 1.82) is 0 Å². The monoisotopic (exact) mass is 352 g/mol. The van der Waals surface area contributed by atoms with Gasteiger partial charge >= 0.3 is 0 Å². The number of hydrogen-bond acceptors (Lipinski definition) is 6. The van der Waals surface area contributed by atoms with Crippen LogP contribution in [0, 0.1) is 0 Å². The lowest BCUT2D eigenvalue weighted by atomic mass is 9.96. The largest absolute Gasteiger partial charge is 0.381 e. The van der Waals surface area contributed by atoms with Crippen LogP contribution >= 0.6 is 11.3 Å². The molecule has 0 unspecified atom stereocenters. The number of rotatable bonds is 3. The van der Waals surface area contributed by atoms with Crippen LogP contribution in [-0.2, 0) is 14.9 Å². The first-order chi connectivity index (χ1) is 11.4. The predicted octanol–water partition coefficient (Wildman–Crippen LogP) is 2.81.